The van der Waals surface area contributed by atoms with Gasteiger partial charge in [0.2, 0.25) is 0 Å². The molecule has 0 amide bonds. The summed E-state index contributed by atoms with van der Waals surface area (Å²) in [5.41, 5.74) is 1.84. The number of hydrogen-bond donors (Lipinski definition) is 0. The minimum Gasteiger partial charge on any atom is -0.462 e. The van der Waals surface area contributed by atoms with Gasteiger partial charge in [0, 0.05) is 17.8 Å². The predicted molar refractivity (Wildman–Crippen MR) is 93.5 cm³/mol. The fourth-order valence-corrected chi connectivity index (χ4v) is 2.76. The molecule has 0 aliphatic heterocycles. The molecular formula is C18H12ClN5O2. The quantitative estimate of drug-likeness (QED) is 0.658. The Balaban J connectivity index is 2.00. The van der Waals surface area contributed by atoms with Crippen LogP contribution in [0.1, 0.15) is 34.1 Å². The molecule has 0 saturated heterocycles. The summed E-state index contributed by atoms with van der Waals surface area (Å²) < 4.78 is 6.40. The van der Waals surface area contributed by atoms with Gasteiger partial charge in [-0.25, -0.2) is 4.79 Å². The van der Waals surface area contributed by atoms with Crippen LogP contribution in [0.25, 0.3) is 10.9 Å². The van der Waals surface area contributed by atoms with E-state index < -0.39 is 5.97 Å². The largest absolute Gasteiger partial charge is 0.462 e. The number of rotatable bonds is 4. The molecule has 2 aromatic heterocycles. The van der Waals surface area contributed by atoms with Crippen LogP contribution < -0.4 is 0 Å². The van der Waals surface area contributed by atoms with Gasteiger partial charge < -0.3 is 4.74 Å². The van der Waals surface area contributed by atoms with Gasteiger partial charge in [-0.05, 0) is 30.7 Å². The summed E-state index contributed by atoms with van der Waals surface area (Å²) in [7, 11) is 0. The van der Waals surface area contributed by atoms with Gasteiger partial charge in [0.25, 0.3) is 0 Å². The molecule has 0 N–H and O–H groups in total. The van der Waals surface area contributed by atoms with Crippen LogP contribution in [0.2, 0.25) is 5.02 Å². The number of nitrogens with zero attached hydrogens (tertiary/aromatic N) is 5. The van der Waals surface area contributed by atoms with Crippen molar-refractivity contribution in [2.75, 3.05) is 6.61 Å². The van der Waals surface area contributed by atoms with E-state index in [1.54, 1.807) is 19.1 Å². The number of nitriles is 2. The smallest absolute Gasteiger partial charge is 0.342 e. The molecular weight excluding hydrogens is 354 g/mol. The van der Waals surface area contributed by atoms with E-state index in [9.17, 15) is 10.1 Å². The number of carbonyl (C=O) groups is 1. The minimum absolute atomic E-state index is 0.00513. The van der Waals surface area contributed by atoms with Gasteiger partial charge in [0.1, 0.15) is 17.7 Å². The average Bonchev–Trinajstić information content (AvgIpc) is 3.03. The SMILES string of the molecule is CCOC(=O)c1cn(Cc2cc(C#N)c3ncc(Cl)cc3c2)nc1C#N. The van der Waals surface area contributed by atoms with E-state index in [2.05, 4.69) is 16.2 Å². The van der Waals surface area contributed by atoms with E-state index >= 15 is 0 Å². The number of aromatic nitrogens is 3. The van der Waals surface area contributed by atoms with Gasteiger partial charge in [-0.15, -0.1) is 0 Å². The second-order valence-electron chi connectivity index (χ2n) is 5.40. The summed E-state index contributed by atoms with van der Waals surface area (Å²) >= 11 is 5.98. The number of benzene rings is 1. The molecule has 0 unspecified atom stereocenters. The molecule has 3 aromatic rings. The Morgan fingerprint density at radius 2 is 2.12 bits per heavy atom. The maximum atomic E-state index is 11.9. The van der Waals surface area contributed by atoms with Crippen LogP contribution in [0.5, 0.6) is 0 Å². The van der Waals surface area contributed by atoms with Crippen molar-refractivity contribution in [3.05, 3.63) is 58.0 Å². The third-order valence-electron chi connectivity index (χ3n) is 3.64. The molecule has 7 nitrogen and oxygen atoms in total. The summed E-state index contributed by atoms with van der Waals surface area (Å²) in [6.07, 6.45) is 2.95. The first-order chi connectivity index (χ1) is 12.5. The number of hydrogen-bond acceptors (Lipinski definition) is 6. The molecule has 1 aromatic carbocycles. The van der Waals surface area contributed by atoms with Gasteiger partial charge in [-0.3, -0.25) is 9.67 Å². The number of ether oxygens (including phenoxy) is 1. The van der Waals surface area contributed by atoms with Crippen molar-refractivity contribution < 1.29 is 9.53 Å². The Kier molecular flexibility index (Phi) is 4.83. The lowest BCUT2D eigenvalue weighted by Gasteiger charge is -2.06. The van der Waals surface area contributed by atoms with E-state index in [1.807, 2.05) is 12.1 Å². The highest BCUT2D eigenvalue weighted by atomic mass is 35.5. The summed E-state index contributed by atoms with van der Waals surface area (Å²) in [6.45, 7) is 2.16. The van der Waals surface area contributed by atoms with Crippen LogP contribution in [0.3, 0.4) is 0 Å². The Morgan fingerprint density at radius 3 is 2.81 bits per heavy atom. The third-order valence-corrected chi connectivity index (χ3v) is 3.84. The lowest BCUT2D eigenvalue weighted by Crippen LogP contribution is -2.05. The van der Waals surface area contributed by atoms with Crippen molar-refractivity contribution in [2.24, 2.45) is 0 Å². The van der Waals surface area contributed by atoms with Crippen LogP contribution in [0.15, 0.2) is 30.6 Å². The highest BCUT2D eigenvalue weighted by Gasteiger charge is 2.17. The molecule has 0 aliphatic rings. The van der Waals surface area contributed by atoms with Gasteiger partial charge in [0.15, 0.2) is 5.69 Å². The van der Waals surface area contributed by atoms with Crippen molar-refractivity contribution >= 4 is 28.5 Å². The van der Waals surface area contributed by atoms with E-state index in [1.165, 1.54) is 17.1 Å². The zero-order valence-corrected chi connectivity index (χ0v) is 14.5. The third kappa shape index (κ3) is 3.34. The number of esters is 1. The Morgan fingerprint density at radius 1 is 1.31 bits per heavy atom. The second-order valence-corrected chi connectivity index (χ2v) is 5.84. The Labute approximate surface area is 154 Å². The van der Waals surface area contributed by atoms with Crippen molar-refractivity contribution in [3.8, 4) is 12.1 Å². The molecule has 26 heavy (non-hydrogen) atoms. The fourth-order valence-electron chi connectivity index (χ4n) is 2.59. The number of carbonyl (C=O) groups excluding carboxylic acids is 1. The molecule has 0 saturated carbocycles. The second kappa shape index (κ2) is 7.22. The lowest BCUT2D eigenvalue weighted by molar-refractivity contribution is 0.0526. The maximum Gasteiger partial charge on any atom is 0.342 e. The van der Waals surface area contributed by atoms with Crippen LogP contribution in [-0.4, -0.2) is 27.3 Å². The average molecular weight is 366 g/mol. The summed E-state index contributed by atoms with van der Waals surface area (Å²) in [6, 6.07) is 9.26. The van der Waals surface area contributed by atoms with E-state index in [0.29, 0.717) is 16.1 Å². The molecule has 128 valence electrons. The highest BCUT2D eigenvalue weighted by molar-refractivity contribution is 6.31. The zero-order valence-electron chi connectivity index (χ0n) is 13.7. The van der Waals surface area contributed by atoms with Gasteiger partial charge in [0.05, 0.1) is 29.3 Å². The highest BCUT2D eigenvalue weighted by Crippen LogP contribution is 2.22. The first kappa shape index (κ1) is 17.4. The number of halogens is 1. The predicted octanol–water partition coefficient (Wildman–Crippen LogP) is 3.05. The molecule has 0 spiro atoms. The summed E-state index contributed by atoms with van der Waals surface area (Å²) in [4.78, 5) is 16.1. The lowest BCUT2D eigenvalue weighted by atomic mass is 10.1. The van der Waals surface area contributed by atoms with Crippen LogP contribution >= 0.6 is 11.6 Å². The van der Waals surface area contributed by atoms with E-state index in [-0.39, 0.29) is 24.4 Å². The zero-order chi connectivity index (χ0) is 18.7. The van der Waals surface area contributed by atoms with Crippen LogP contribution in [0.4, 0.5) is 0 Å². The Bertz CT molecular complexity index is 1090. The molecule has 8 heteroatoms. The molecule has 3 rings (SSSR count). The first-order valence-electron chi connectivity index (χ1n) is 7.68. The van der Waals surface area contributed by atoms with Gasteiger partial charge in [-0.2, -0.15) is 15.6 Å². The fraction of sp³-hybridized carbons (Fsp3) is 0.167. The van der Waals surface area contributed by atoms with Crippen LogP contribution in [0, 0.1) is 22.7 Å². The number of pyridine rings is 1. The van der Waals surface area contributed by atoms with Crippen LogP contribution in [-0.2, 0) is 11.3 Å². The standard InChI is InChI=1S/C18H12ClN5O2/c1-2-26-18(25)15-10-24(23-16(15)7-21)9-11-3-12-5-14(19)8-22-17(12)13(4-11)6-20/h3-5,8,10H,2,9H2,1H3. The molecule has 0 atom stereocenters. The Hall–Kier alpha value is -3.42. The molecule has 0 fully saturated rings. The van der Waals surface area contributed by atoms with Crippen molar-refractivity contribution in [1.29, 1.82) is 10.5 Å². The van der Waals surface area contributed by atoms with Gasteiger partial charge >= 0.3 is 5.97 Å². The molecule has 0 bridgehead atoms. The monoisotopic (exact) mass is 365 g/mol. The van der Waals surface area contributed by atoms with Crippen molar-refractivity contribution in [1.82, 2.24) is 14.8 Å². The molecule has 2 heterocycles. The minimum atomic E-state index is -0.595. The normalized spacial score (nSPS) is 10.3. The summed E-state index contributed by atoms with van der Waals surface area (Å²) in [5.74, 6) is -0.595. The van der Waals surface area contributed by atoms with Crippen molar-refractivity contribution in [3.63, 3.8) is 0 Å². The topological polar surface area (TPSA) is 105 Å². The molecule has 0 radical (unpaired) electrons. The van der Waals surface area contributed by atoms with Gasteiger partial charge in [-0.1, -0.05) is 11.6 Å². The van der Waals surface area contributed by atoms with E-state index in [4.69, 9.17) is 21.6 Å². The van der Waals surface area contributed by atoms with Crippen molar-refractivity contribution in [2.45, 2.75) is 13.5 Å². The maximum absolute atomic E-state index is 11.9. The van der Waals surface area contributed by atoms with E-state index in [0.717, 1.165) is 10.9 Å². The molecule has 0 aliphatic carbocycles. The number of fused-ring (bicyclic) bond motifs is 1. The first-order valence-corrected chi connectivity index (χ1v) is 8.06. The summed E-state index contributed by atoms with van der Waals surface area (Å²) in [5, 5.41) is 23.8.